The van der Waals surface area contributed by atoms with E-state index in [1.807, 2.05) is 0 Å². The normalized spacial score (nSPS) is 14.1. The highest BCUT2D eigenvalue weighted by Crippen LogP contribution is 2.39. The molecule has 6 heteroatoms. The van der Waals surface area contributed by atoms with Crippen LogP contribution in [0.5, 0.6) is 5.75 Å². The fraction of sp³-hybridized carbons (Fsp3) is 0.125. The summed E-state index contributed by atoms with van der Waals surface area (Å²) in [5.41, 5.74) is 0. The van der Waals surface area contributed by atoms with E-state index in [4.69, 9.17) is 0 Å². The lowest BCUT2D eigenvalue weighted by molar-refractivity contribution is -0.216. The van der Waals surface area contributed by atoms with Crippen LogP contribution in [0.4, 0.5) is 0 Å². The van der Waals surface area contributed by atoms with Gasteiger partial charge in [-0.3, -0.25) is 4.79 Å². The second-order valence-electron chi connectivity index (χ2n) is 2.43. The maximum atomic E-state index is 11.0. The zero-order valence-corrected chi connectivity index (χ0v) is 8.27. The Balaban J connectivity index is 2.69. The van der Waals surface area contributed by atoms with Crippen LogP contribution >= 0.6 is 7.82 Å². The van der Waals surface area contributed by atoms with Crippen LogP contribution in [0.2, 0.25) is 0 Å². The van der Waals surface area contributed by atoms with Crippen molar-refractivity contribution in [2.45, 2.75) is 6.92 Å². The molecule has 1 aromatic carbocycles. The van der Waals surface area contributed by atoms with Gasteiger partial charge in [0.25, 0.3) is 0 Å². The van der Waals surface area contributed by atoms with Crippen LogP contribution in [-0.2, 0) is 13.9 Å². The molecule has 1 rings (SSSR count). The molecule has 0 aliphatic rings. The number of carbonyl (C=O) groups is 1. The Morgan fingerprint density at radius 1 is 1.36 bits per heavy atom. The second kappa shape index (κ2) is 4.26. The third-order valence-corrected chi connectivity index (χ3v) is 2.12. The molecule has 0 heterocycles. The summed E-state index contributed by atoms with van der Waals surface area (Å²) in [4.78, 5) is 21.3. The van der Waals surface area contributed by atoms with Gasteiger partial charge in [-0.25, -0.2) is 4.57 Å². The number of hydrogen-bond acceptors (Lipinski definition) is 5. The summed E-state index contributed by atoms with van der Waals surface area (Å²) in [5, 5.41) is 0. The van der Waals surface area contributed by atoms with Gasteiger partial charge >= 0.3 is 13.8 Å². The molecule has 0 fully saturated rings. The predicted molar refractivity (Wildman–Crippen MR) is 46.4 cm³/mol. The van der Waals surface area contributed by atoms with Crippen LogP contribution in [0.25, 0.3) is 0 Å². The van der Waals surface area contributed by atoms with E-state index in [-0.39, 0.29) is 5.75 Å². The minimum absolute atomic E-state index is 0.104. The molecule has 1 unspecified atom stereocenters. The summed E-state index contributed by atoms with van der Waals surface area (Å²) in [6.45, 7) is 0.985. The van der Waals surface area contributed by atoms with Gasteiger partial charge in [0, 0.05) is 6.92 Å². The molecule has 14 heavy (non-hydrogen) atoms. The lowest BCUT2D eigenvalue weighted by Gasteiger charge is -2.21. The fourth-order valence-electron chi connectivity index (χ4n) is 0.787. The van der Waals surface area contributed by atoms with Crippen molar-refractivity contribution in [3.05, 3.63) is 30.3 Å². The molecule has 0 saturated carbocycles. The van der Waals surface area contributed by atoms with E-state index in [2.05, 4.69) is 9.05 Å². The molecule has 1 aromatic rings. The van der Waals surface area contributed by atoms with E-state index in [1.54, 1.807) is 18.2 Å². The third-order valence-electron chi connectivity index (χ3n) is 1.20. The molecule has 0 spiro atoms. The van der Waals surface area contributed by atoms with E-state index in [0.29, 0.717) is 0 Å². The highest BCUT2D eigenvalue weighted by atomic mass is 31.2. The summed E-state index contributed by atoms with van der Waals surface area (Å²) in [6.07, 6.45) is 0. The lowest BCUT2D eigenvalue weighted by atomic mass is 10.3. The SMILES string of the molecule is CC(=O)OP(=O)([O-])Oc1ccccc1. The summed E-state index contributed by atoms with van der Waals surface area (Å²) in [5.74, 6) is -0.827. The highest BCUT2D eigenvalue weighted by Gasteiger charge is 2.13. The average Bonchev–Trinajstić information content (AvgIpc) is 2.02. The van der Waals surface area contributed by atoms with E-state index >= 15 is 0 Å². The molecule has 0 aromatic heterocycles. The molecule has 5 nitrogen and oxygen atoms in total. The van der Waals surface area contributed by atoms with Gasteiger partial charge in [-0.05, 0) is 12.1 Å². The molecular weight excluding hydrogens is 207 g/mol. The van der Waals surface area contributed by atoms with Crippen LogP contribution in [-0.4, -0.2) is 5.97 Å². The molecule has 0 aliphatic carbocycles. The van der Waals surface area contributed by atoms with Crippen molar-refractivity contribution >= 4 is 13.8 Å². The minimum atomic E-state index is -4.57. The Morgan fingerprint density at radius 3 is 2.43 bits per heavy atom. The highest BCUT2D eigenvalue weighted by molar-refractivity contribution is 7.46. The fourth-order valence-corrected chi connectivity index (χ4v) is 1.52. The van der Waals surface area contributed by atoms with Gasteiger partial charge in [-0.1, -0.05) is 18.2 Å². The monoisotopic (exact) mass is 215 g/mol. The topological polar surface area (TPSA) is 75.7 Å². The number of benzene rings is 1. The van der Waals surface area contributed by atoms with Crippen LogP contribution < -0.4 is 9.42 Å². The van der Waals surface area contributed by atoms with E-state index in [1.165, 1.54) is 12.1 Å². The Labute approximate surface area is 80.9 Å². The number of phosphoric acid groups is 1. The van der Waals surface area contributed by atoms with Crippen LogP contribution in [0.3, 0.4) is 0 Å². The molecule has 0 amide bonds. The van der Waals surface area contributed by atoms with Crippen molar-refractivity contribution in [3.8, 4) is 5.75 Å². The van der Waals surface area contributed by atoms with Crippen molar-refractivity contribution < 1.29 is 23.3 Å². The second-order valence-corrected chi connectivity index (χ2v) is 3.69. The largest absolute Gasteiger partial charge is 0.736 e. The number of para-hydroxylation sites is 1. The van der Waals surface area contributed by atoms with Crippen molar-refractivity contribution in [2.75, 3.05) is 0 Å². The molecule has 76 valence electrons. The first-order valence-corrected chi connectivity index (χ1v) is 5.21. The third kappa shape index (κ3) is 3.60. The maximum Gasteiger partial charge on any atom is 0.374 e. The standard InChI is InChI=1S/C8H9O5P/c1-7(9)12-14(10,11)13-8-5-3-2-4-6-8/h2-6H,1H3,(H,10,11)/p-1. The first kappa shape index (κ1) is 10.8. The Bertz CT molecular complexity index is 361. The predicted octanol–water partition coefficient (Wildman–Crippen LogP) is 1.10. The molecule has 0 saturated heterocycles. The van der Waals surface area contributed by atoms with Gasteiger partial charge in [0.15, 0.2) is 0 Å². The minimum Gasteiger partial charge on any atom is -0.736 e. The van der Waals surface area contributed by atoms with Crippen molar-refractivity contribution in [1.29, 1.82) is 0 Å². The van der Waals surface area contributed by atoms with Gasteiger partial charge in [-0.15, -0.1) is 0 Å². The number of carbonyl (C=O) groups excluding carboxylic acids is 1. The molecule has 1 atom stereocenters. The van der Waals surface area contributed by atoms with Crippen LogP contribution in [0.1, 0.15) is 6.92 Å². The van der Waals surface area contributed by atoms with E-state index in [9.17, 15) is 14.3 Å². The number of phosphoric ester groups is 1. The van der Waals surface area contributed by atoms with Gasteiger partial charge in [0.1, 0.15) is 5.75 Å². The summed E-state index contributed by atoms with van der Waals surface area (Å²) in [7, 11) is -4.57. The van der Waals surface area contributed by atoms with Gasteiger partial charge < -0.3 is 13.9 Å². The van der Waals surface area contributed by atoms with Crippen LogP contribution in [0.15, 0.2) is 30.3 Å². The maximum absolute atomic E-state index is 11.0. The van der Waals surface area contributed by atoms with Gasteiger partial charge in [-0.2, -0.15) is 0 Å². The van der Waals surface area contributed by atoms with Crippen LogP contribution in [0, 0.1) is 0 Å². The Kier molecular flexibility index (Phi) is 3.28. The summed E-state index contributed by atoms with van der Waals surface area (Å²) in [6, 6.07) is 7.78. The van der Waals surface area contributed by atoms with Crippen molar-refractivity contribution in [1.82, 2.24) is 0 Å². The molecule has 0 aliphatic heterocycles. The Morgan fingerprint density at radius 2 is 1.93 bits per heavy atom. The van der Waals surface area contributed by atoms with Crippen molar-refractivity contribution in [3.63, 3.8) is 0 Å². The molecule has 0 radical (unpaired) electrons. The van der Waals surface area contributed by atoms with Gasteiger partial charge in [0.2, 0.25) is 0 Å². The first-order chi connectivity index (χ1) is 6.49. The summed E-state index contributed by atoms with van der Waals surface area (Å²) < 4.78 is 19.4. The summed E-state index contributed by atoms with van der Waals surface area (Å²) >= 11 is 0. The van der Waals surface area contributed by atoms with Gasteiger partial charge in [0.05, 0.1) is 0 Å². The zero-order chi connectivity index (χ0) is 10.6. The lowest BCUT2D eigenvalue weighted by Crippen LogP contribution is -2.13. The van der Waals surface area contributed by atoms with E-state index in [0.717, 1.165) is 6.92 Å². The number of rotatable bonds is 3. The zero-order valence-electron chi connectivity index (χ0n) is 7.38. The van der Waals surface area contributed by atoms with E-state index < -0.39 is 13.8 Å². The molecule has 0 bridgehead atoms. The Hall–Kier alpha value is -1.32. The smallest absolute Gasteiger partial charge is 0.374 e. The van der Waals surface area contributed by atoms with Crippen molar-refractivity contribution in [2.24, 2.45) is 0 Å². The first-order valence-electron chi connectivity index (χ1n) is 3.75. The molecular formula is C8H8O5P-. The average molecular weight is 215 g/mol. The number of hydrogen-bond donors (Lipinski definition) is 0. The molecule has 0 N–H and O–H groups in total. The quantitative estimate of drug-likeness (QED) is 0.705.